The third-order valence-electron chi connectivity index (χ3n) is 4.61. The normalized spacial score (nSPS) is 17.4. The smallest absolute Gasteiger partial charge is 0.163 e. The first kappa shape index (κ1) is 16.0. The minimum absolute atomic E-state index is 0.581. The summed E-state index contributed by atoms with van der Waals surface area (Å²) in [4.78, 5) is 13.5. The van der Waals surface area contributed by atoms with Crippen LogP contribution in [0.2, 0.25) is 0 Å². The highest BCUT2D eigenvalue weighted by Gasteiger charge is 2.17. The maximum atomic E-state index is 5.63. The second-order valence-corrected chi connectivity index (χ2v) is 6.17. The Balaban J connectivity index is 1.46. The van der Waals surface area contributed by atoms with Crippen LogP contribution in [0.4, 0.5) is 17.3 Å². The molecule has 0 radical (unpaired) electrons. The maximum Gasteiger partial charge on any atom is 0.163 e. The molecule has 7 heteroatoms. The zero-order valence-corrected chi connectivity index (χ0v) is 14.4. The fraction of sp³-hybridized carbons (Fsp3) is 0.444. The number of benzene rings is 1. The third-order valence-corrected chi connectivity index (χ3v) is 4.61. The van der Waals surface area contributed by atoms with Crippen LogP contribution < -0.4 is 19.7 Å². The average molecular weight is 341 g/mol. The number of fused-ring (bicyclic) bond motifs is 1. The van der Waals surface area contributed by atoms with Gasteiger partial charge in [0.1, 0.15) is 31.2 Å². The predicted molar refractivity (Wildman–Crippen MR) is 97.1 cm³/mol. The number of likely N-dealkylation sites (N-methyl/N-ethyl adjacent to an activating group) is 1. The van der Waals surface area contributed by atoms with Gasteiger partial charge in [-0.05, 0) is 18.7 Å². The maximum absolute atomic E-state index is 5.63. The summed E-state index contributed by atoms with van der Waals surface area (Å²) >= 11 is 0. The molecule has 4 rings (SSSR count). The Kier molecular flexibility index (Phi) is 4.56. The van der Waals surface area contributed by atoms with Gasteiger partial charge in [-0.2, -0.15) is 0 Å². The molecular weight excluding hydrogens is 318 g/mol. The number of nitrogens with zero attached hydrogens (tertiary/aromatic N) is 4. The van der Waals surface area contributed by atoms with Crippen LogP contribution >= 0.6 is 0 Å². The molecule has 0 saturated carbocycles. The standard InChI is InChI=1S/C18H23N5O2/c1-2-22-5-7-23(8-6-22)18-12-17(19-13-20-18)21-14-3-4-15-16(11-14)25-10-9-24-15/h3-4,11-13H,2,5-10H2,1H3,(H,19,20,21). The number of ether oxygens (including phenoxy) is 2. The van der Waals surface area contributed by atoms with E-state index in [2.05, 4.69) is 32.0 Å². The Morgan fingerprint density at radius 2 is 1.80 bits per heavy atom. The first-order valence-corrected chi connectivity index (χ1v) is 8.78. The van der Waals surface area contributed by atoms with Gasteiger partial charge in [-0.25, -0.2) is 9.97 Å². The quantitative estimate of drug-likeness (QED) is 0.914. The Morgan fingerprint density at radius 1 is 1.00 bits per heavy atom. The van der Waals surface area contributed by atoms with E-state index in [4.69, 9.17) is 9.47 Å². The summed E-state index contributed by atoms with van der Waals surface area (Å²) in [6, 6.07) is 7.83. The second kappa shape index (κ2) is 7.14. The number of rotatable bonds is 4. The van der Waals surface area contributed by atoms with Crippen LogP contribution in [0.1, 0.15) is 6.92 Å². The second-order valence-electron chi connectivity index (χ2n) is 6.17. The zero-order valence-electron chi connectivity index (χ0n) is 14.4. The molecule has 2 aliphatic rings. The van der Waals surface area contributed by atoms with E-state index in [0.717, 1.165) is 61.5 Å². The number of piperazine rings is 1. The van der Waals surface area contributed by atoms with Crippen molar-refractivity contribution in [3.63, 3.8) is 0 Å². The van der Waals surface area contributed by atoms with E-state index in [9.17, 15) is 0 Å². The van der Waals surface area contributed by atoms with Gasteiger partial charge in [-0.1, -0.05) is 6.92 Å². The van der Waals surface area contributed by atoms with E-state index < -0.39 is 0 Å². The molecular formula is C18H23N5O2. The molecule has 1 fully saturated rings. The van der Waals surface area contributed by atoms with Crippen LogP contribution in [0.3, 0.4) is 0 Å². The molecule has 25 heavy (non-hydrogen) atoms. The van der Waals surface area contributed by atoms with Crippen LogP contribution in [-0.4, -0.2) is 60.8 Å². The first-order chi connectivity index (χ1) is 12.3. The number of anilines is 3. The summed E-state index contributed by atoms with van der Waals surface area (Å²) in [5.41, 5.74) is 0.921. The van der Waals surface area contributed by atoms with E-state index in [-0.39, 0.29) is 0 Å². The van der Waals surface area contributed by atoms with E-state index in [1.54, 1.807) is 6.33 Å². The molecule has 2 aliphatic heterocycles. The average Bonchev–Trinajstić information content (AvgIpc) is 2.68. The number of hydrogen-bond donors (Lipinski definition) is 1. The summed E-state index contributed by atoms with van der Waals surface area (Å²) < 4.78 is 11.2. The van der Waals surface area contributed by atoms with Gasteiger partial charge in [0.05, 0.1) is 0 Å². The number of aromatic nitrogens is 2. The largest absolute Gasteiger partial charge is 0.486 e. The van der Waals surface area contributed by atoms with Crippen LogP contribution in [0.5, 0.6) is 11.5 Å². The topological polar surface area (TPSA) is 62.8 Å². The summed E-state index contributed by atoms with van der Waals surface area (Å²) in [6.45, 7) is 8.63. The number of hydrogen-bond acceptors (Lipinski definition) is 7. The molecule has 3 heterocycles. The van der Waals surface area contributed by atoms with Crippen LogP contribution in [0.25, 0.3) is 0 Å². The molecule has 2 aromatic rings. The van der Waals surface area contributed by atoms with Gasteiger partial charge in [0.25, 0.3) is 0 Å². The Hall–Kier alpha value is -2.54. The van der Waals surface area contributed by atoms with Gasteiger partial charge < -0.3 is 24.6 Å². The van der Waals surface area contributed by atoms with E-state index in [1.165, 1.54) is 0 Å². The van der Waals surface area contributed by atoms with Crippen molar-refractivity contribution in [1.82, 2.24) is 14.9 Å². The molecule has 0 amide bonds. The highest BCUT2D eigenvalue weighted by atomic mass is 16.6. The molecule has 1 N–H and O–H groups in total. The first-order valence-electron chi connectivity index (χ1n) is 8.78. The highest BCUT2D eigenvalue weighted by molar-refractivity contribution is 5.63. The summed E-state index contributed by atoms with van der Waals surface area (Å²) in [5.74, 6) is 3.29. The lowest BCUT2D eigenvalue weighted by Crippen LogP contribution is -2.46. The Morgan fingerprint density at radius 3 is 2.60 bits per heavy atom. The van der Waals surface area contributed by atoms with Crippen molar-refractivity contribution in [2.75, 3.05) is 56.2 Å². The fourth-order valence-electron chi connectivity index (χ4n) is 3.15. The van der Waals surface area contributed by atoms with Gasteiger partial charge in [0, 0.05) is 44.0 Å². The third kappa shape index (κ3) is 3.61. The number of nitrogens with one attached hydrogen (secondary N) is 1. The van der Waals surface area contributed by atoms with E-state index in [1.807, 2.05) is 24.3 Å². The Bertz CT molecular complexity index is 731. The molecule has 1 aromatic heterocycles. The molecule has 1 aromatic carbocycles. The molecule has 132 valence electrons. The van der Waals surface area contributed by atoms with Crippen molar-refractivity contribution in [3.8, 4) is 11.5 Å². The van der Waals surface area contributed by atoms with E-state index >= 15 is 0 Å². The van der Waals surface area contributed by atoms with Gasteiger partial charge in [-0.3, -0.25) is 0 Å². The van der Waals surface area contributed by atoms with Crippen LogP contribution in [0, 0.1) is 0 Å². The molecule has 0 bridgehead atoms. The molecule has 1 saturated heterocycles. The fourth-order valence-corrected chi connectivity index (χ4v) is 3.15. The van der Waals surface area contributed by atoms with Gasteiger partial charge in [-0.15, -0.1) is 0 Å². The van der Waals surface area contributed by atoms with Crippen LogP contribution in [0.15, 0.2) is 30.6 Å². The Labute approximate surface area is 147 Å². The van der Waals surface area contributed by atoms with Crippen molar-refractivity contribution in [1.29, 1.82) is 0 Å². The van der Waals surface area contributed by atoms with Crippen LogP contribution in [-0.2, 0) is 0 Å². The van der Waals surface area contributed by atoms with Crippen molar-refractivity contribution in [2.24, 2.45) is 0 Å². The SMILES string of the molecule is CCN1CCN(c2cc(Nc3ccc4c(c3)OCCO4)ncn2)CC1. The highest BCUT2D eigenvalue weighted by Crippen LogP contribution is 2.33. The lowest BCUT2D eigenvalue weighted by atomic mass is 10.2. The molecule has 0 unspecified atom stereocenters. The van der Waals surface area contributed by atoms with Crippen molar-refractivity contribution < 1.29 is 9.47 Å². The minimum atomic E-state index is 0.581. The lowest BCUT2D eigenvalue weighted by Gasteiger charge is -2.34. The van der Waals surface area contributed by atoms with Crippen molar-refractivity contribution in [3.05, 3.63) is 30.6 Å². The van der Waals surface area contributed by atoms with Gasteiger partial charge in [0.15, 0.2) is 11.5 Å². The van der Waals surface area contributed by atoms with Crippen molar-refractivity contribution in [2.45, 2.75) is 6.92 Å². The lowest BCUT2D eigenvalue weighted by molar-refractivity contribution is 0.171. The minimum Gasteiger partial charge on any atom is -0.486 e. The molecule has 0 atom stereocenters. The monoisotopic (exact) mass is 341 g/mol. The van der Waals surface area contributed by atoms with Gasteiger partial charge in [0.2, 0.25) is 0 Å². The summed E-state index contributed by atoms with van der Waals surface area (Å²) in [5, 5.41) is 3.33. The van der Waals surface area contributed by atoms with E-state index in [0.29, 0.717) is 13.2 Å². The summed E-state index contributed by atoms with van der Waals surface area (Å²) in [6.07, 6.45) is 1.61. The zero-order chi connectivity index (χ0) is 17.1. The van der Waals surface area contributed by atoms with Gasteiger partial charge >= 0.3 is 0 Å². The van der Waals surface area contributed by atoms with Crippen molar-refractivity contribution >= 4 is 17.3 Å². The molecule has 7 nitrogen and oxygen atoms in total. The molecule has 0 spiro atoms. The summed E-state index contributed by atoms with van der Waals surface area (Å²) in [7, 11) is 0. The predicted octanol–water partition coefficient (Wildman–Crippen LogP) is 2.13. The molecule has 0 aliphatic carbocycles.